The van der Waals surface area contributed by atoms with Crippen LogP contribution in [-0.4, -0.2) is 19.5 Å². The largest absolute Gasteiger partial charge is 0.344 e. The number of hydrogen-bond donors (Lipinski definition) is 2. The highest BCUT2D eigenvalue weighted by molar-refractivity contribution is 7.10. The summed E-state index contributed by atoms with van der Waals surface area (Å²) in [7, 11) is 2.02. The zero-order valence-corrected chi connectivity index (χ0v) is 13.8. The highest BCUT2D eigenvalue weighted by Gasteiger charge is 2.14. The van der Waals surface area contributed by atoms with Crippen molar-refractivity contribution in [2.24, 2.45) is 0 Å². The number of rotatable bonds is 6. The van der Waals surface area contributed by atoms with Crippen molar-refractivity contribution in [1.29, 1.82) is 0 Å². The molecule has 0 saturated carbocycles. The number of quaternary nitrogens is 1. The number of amides is 1. The Bertz CT molecular complexity index is 568. The van der Waals surface area contributed by atoms with Crippen molar-refractivity contribution in [2.75, 3.05) is 13.6 Å². The van der Waals surface area contributed by atoms with Crippen LogP contribution in [0.5, 0.6) is 0 Å². The Balaban J connectivity index is 1.80. The topological polar surface area (TPSA) is 33.5 Å². The predicted octanol–water partition coefficient (Wildman–Crippen LogP) is 2.29. The molecule has 112 valence electrons. The molecule has 0 saturated heterocycles. The Morgan fingerprint density at radius 2 is 2.05 bits per heavy atom. The molecule has 1 amide bonds. The van der Waals surface area contributed by atoms with E-state index >= 15 is 0 Å². The number of hydrogen-bond acceptors (Lipinski definition) is 2. The second-order valence-corrected chi connectivity index (χ2v) is 6.66. The molecule has 2 N–H and O–H groups in total. The van der Waals surface area contributed by atoms with Gasteiger partial charge < -0.3 is 10.2 Å². The highest BCUT2D eigenvalue weighted by Crippen LogP contribution is 2.17. The monoisotopic (exact) mass is 323 g/mol. The van der Waals surface area contributed by atoms with Gasteiger partial charge in [0.1, 0.15) is 6.54 Å². The molecule has 2 aromatic rings. The van der Waals surface area contributed by atoms with Gasteiger partial charge in [-0.25, -0.2) is 0 Å². The summed E-state index contributed by atoms with van der Waals surface area (Å²) in [6.07, 6.45) is 0. The van der Waals surface area contributed by atoms with E-state index < -0.39 is 0 Å². The molecule has 1 heterocycles. The molecule has 0 radical (unpaired) electrons. The first-order valence-corrected chi connectivity index (χ1v) is 8.19. The van der Waals surface area contributed by atoms with Gasteiger partial charge in [-0.05, 0) is 30.5 Å². The van der Waals surface area contributed by atoms with Gasteiger partial charge >= 0.3 is 0 Å². The molecule has 1 aromatic carbocycles. The molecule has 1 unspecified atom stereocenters. The number of thiophene rings is 1. The fourth-order valence-corrected chi connectivity index (χ4v) is 3.05. The van der Waals surface area contributed by atoms with Crippen LogP contribution in [-0.2, 0) is 11.3 Å². The van der Waals surface area contributed by atoms with E-state index in [0.29, 0.717) is 6.54 Å². The third-order valence-electron chi connectivity index (χ3n) is 3.23. The van der Waals surface area contributed by atoms with Crippen molar-refractivity contribution in [2.45, 2.75) is 19.5 Å². The summed E-state index contributed by atoms with van der Waals surface area (Å²) in [5, 5.41) is 5.80. The lowest BCUT2D eigenvalue weighted by molar-refractivity contribution is -0.885. The first-order valence-electron chi connectivity index (χ1n) is 6.93. The Morgan fingerprint density at radius 1 is 1.33 bits per heavy atom. The molecule has 0 fully saturated rings. The third kappa shape index (κ3) is 5.16. The van der Waals surface area contributed by atoms with Crippen LogP contribution in [0.2, 0.25) is 5.02 Å². The molecule has 21 heavy (non-hydrogen) atoms. The molecule has 0 spiro atoms. The average Bonchev–Trinajstić information content (AvgIpc) is 2.95. The van der Waals surface area contributed by atoms with Crippen LogP contribution >= 0.6 is 22.9 Å². The number of benzene rings is 1. The van der Waals surface area contributed by atoms with Crippen molar-refractivity contribution in [1.82, 2.24) is 5.32 Å². The van der Waals surface area contributed by atoms with Gasteiger partial charge in [-0.2, -0.15) is 0 Å². The first kappa shape index (κ1) is 16.0. The molecule has 3 nitrogen and oxygen atoms in total. The molecular weight excluding hydrogens is 304 g/mol. The number of nitrogens with one attached hydrogen (secondary N) is 2. The fraction of sp³-hybridized carbons (Fsp3) is 0.312. The highest BCUT2D eigenvalue weighted by atomic mass is 35.5. The van der Waals surface area contributed by atoms with Crippen LogP contribution in [0.4, 0.5) is 0 Å². The molecule has 0 aliphatic rings. The second kappa shape index (κ2) is 7.59. The number of carbonyl (C=O) groups is 1. The van der Waals surface area contributed by atoms with Gasteiger partial charge in [-0.3, -0.25) is 4.79 Å². The van der Waals surface area contributed by atoms with Crippen molar-refractivity contribution in [3.05, 3.63) is 57.2 Å². The van der Waals surface area contributed by atoms with Crippen LogP contribution in [0, 0.1) is 0 Å². The van der Waals surface area contributed by atoms with Gasteiger partial charge in [0, 0.05) is 15.5 Å². The van der Waals surface area contributed by atoms with Crippen LogP contribution in [0.15, 0.2) is 41.8 Å². The van der Waals surface area contributed by atoms with Crippen molar-refractivity contribution >= 4 is 28.8 Å². The Kier molecular flexibility index (Phi) is 5.79. The summed E-state index contributed by atoms with van der Waals surface area (Å²) in [6, 6.07) is 11.9. The molecule has 2 rings (SSSR count). The van der Waals surface area contributed by atoms with E-state index in [-0.39, 0.29) is 11.9 Å². The van der Waals surface area contributed by atoms with E-state index in [2.05, 4.69) is 5.32 Å². The zero-order chi connectivity index (χ0) is 15.2. The molecule has 0 aliphatic carbocycles. The molecule has 5 heteroatoms. The molecule has 0 aliphatic heterocycles. The SMILES string of the molecule is C[C@H](NC(=O)C[NH+](C)Cc1ccc(Cl)cc1)c1cccs1. The summed E-state index contributed by atoms with van der Waals surface area (Å²) in [4.78, 5) is 14.4. The van der Waals surface area contributed by atoms with E-state index in [4.69, 9.17) is 11.6 Å². The van der Waals surface area contributed by atoms with Gasteiger partial charge in [0.2, 0.25) is 0 Å². The maximum Gasteiger partial charge on any atom is 0.275 e. The van der Waals surface area contributed by atoms with Gasteiger partial charge in [0.05, 0.1) is 13.1 Å². The lowest BCUT2D eigenvalue weighted by Crippen LogP contribution is -3.08. The number of carbonyl (C=O) groups excluding carboxylic acids is 1. The smallest absolute Gasteiger partial charge is 0.275 e. The predicted molar refractivity (Wildman–Crippen MR) is 87.8 cm³/mol. The second-order valence-electron chi connectivity index (χ2n) is 5.24. The summed E-state index contributed by atoms with van der Waals surface area (Å²) >= 11 is 7.53. The zero-order valence-electron chi connectivity index (χ0n) is 12.2. The van der Waals surface area contributed by atoms with Crippen LogP contribution < -0.4 is 10.2 Å². The maximum absolute atomic E-state index is 12.1. The summed E-state index contributed by atoms with van der Waals surface area (Å²) < 4.78 is 0. The van der Waals surface area contributed by atoms with E-state index in [0.717, 1.165) is 16.5 Å². The van der Waals surface area contributed by atoms with Crippen LogP contribution in [0.25, 0.3) is 0 Å². The minimum atomic E-state index is 0.0702. The summed E-state index contributed by atoms with van der Waals surface area (Å²) in [5.41, 5.74) is 1.18. The third-order valence-corrected chi connectivity index (χ3v) is 4.54. The quantitative estimate of drug-likeness (QED) is 0.840. The van der Waals surface area contributed by atoms with Gasteiger partial charge in [-0.15, -0.1) is 11.3 Å². The first-order chi connectivity index (χ1) is 10.0. The minimum absolute atomic E-state index is 0.0702. The van der Waals surface area contributed by atoms with Gasteiger partial charge in [0.25, 0.3) is 5.91 Å². The average molecular weight is 324 g/mol. The minimum Gasteiger partial charge on any atom is -0.344 e. The summed E-state index contributed by atoms with van der Waals surface area (Å²) in [5.74, 6) is 0.0716. The summed E-state index contributed by atoms with van der Waals surface area (Å²) in [6.45, 7) is 3.27. The molecule has 2 atom stereocenters. The van der Waals surface area contributed by atoms with E-state index in [9.17, 15) is 4.79 Å². The Morgan fingerprint density at radius 3 is 2.67 bits per heavy atom. The van der Waals surface area contributed by atoms with E-state index in [1.54, 1.807) is 11.3 Å². The lowest BCUT2D eigenvalue weighted by atomic mass is 10.2. The van der Waals surface area contributed by atoms with Crippen molar-refractivity contribution in [3.63, 3.8) is 0 Å². The lowest BCUT2D eigenvalue weighted by Gasteiger charge is -2.16. The standard InChI is InChI=1S/C16H19ClN2OS/c1-12(15-4-3-9-21-15)18-16(20)11-19(2)10-13-5-7-14(17)8-6-13/h3-9,12H,10-11H2,1-2H3,(H,18,20)/p+1/t12-/m0/s1. The van der Waals surface area contributed by atoms with Gasteiger partial charge in [-0.1, -0.05) is 29.8 Å². The molecule has 0 bridgehead atoms. The number of halogens is 1. The Hall–Kier alpha value is -1.36. The number of likely N-dealkylation sites (N-methyl/N-ethyl adjacent to an activating group) is 1. The molecule has 1 aromatic heterocycles. The van der Waals surface area contributed by atoms with E-state index in [1.165, 1.54) is 10.4 Å². The van der Waals surface area contributed by atoms with E-state index in [1.807, 2.05) is 55.7 Å². The maximum atomic E-state index is 12.1. The van der Waals surface area contributed by atoms with Crippen molar-refractivity contribution < 1.29 is 9.69 Å². The van der Waals surface area contributed by atoms with Crippen molar-refractivity contribution in [3.8, 4) is 0 Å². The van der Waals surface area contributed by atoms with Gasteiger partial charge in [0.15, 0.2) is 6.54 Å². The Labute approximate surface area is 134 Å². The van der Waals surface area contributed by atoms with Crippen LogP contribution in [0.1, 0.15) is 23.4 Å². The fourth-order valence-electron chi connectivity index (χ4n) is 2.19. The molecular formula is C16H20ClN2OS+. The normalized spacial score (nSPS) is 13.7. The van der Waals surface area contributed by atoms with Crippen LogP contribution in [0.3, 0.4) is 0 Å².